The number of carbonyl (C=O) groups is 1. The Labute approximate surface area is 116 Å². The zero-order valence-corrected chi connectivity index (χ0v) is 12.5. The first-order valence-corrected chi connectivity index (χ1v) is 6.48. The molecule has 18 heavy (non-hydrogen) atoms. The maximum Gasteiger partial charge on any atom is 0.337 e. The molecule has 0 aromatic heterocycles. The molecule has 1 aromatic rings. The molecule has 0 heterocycles. The third kappa shape index (κ3) is 3.35. The average Bonchev–Trinajstić information content (AvgIpc) is 2.24. The van der Waals surface area contributed by atoms with Crippen molar-refractivity contribution in [1.29, 1.82) is 0 Å². The predicted molar refractivity (Wildman–Crippen MR) is 78.4 cm³/mol. The van der Waals surface area contributed by atoms with Gasteiger partial charge in [-0.15, -0.1) is 6.58 Å². The van der Waals surface area contributed by atoms with Crippen molar-refractivity contribution in [2.75, 3.05) is 11.4 Å². The van der Waals surface area contributed by atoms with Crippen molar-refractivity contribution in [2.45, 2.75) is 26.3 Å². The van der Waals surface area contributed by atoms with Crippen LogP contribution in [0, 0.1) is 0 Å². The van der Waals surface area contributed by atoms with Gasteiger partial charge < -0.3 is 10.0 Å². The van der Waals surface area contributed by atoms with Gasteiger partial charge in [-0.25, -0.2) is 4.79 Å². The Hall–Kier alpha value is -1.29. The first-order valence-electron chi connectivity index (χ1n) is 5.68. The van der Waals surface area contributed by atoms with E-state index in [0.29, 0.717) is 17.8 Å². The van der Waals surface area contributed by atoms with E-state index in [-0.39, 0.29) is 5.54 Å². The quantitative estimate of drug-likeness (QED) is 0.856. The Morgan fingerprint density at radius 1 is 1.50 bits per heavy atom. The highest BCUT2D eigenvalue weighted by Gasteiger charge is 2.24. The molecule has 0 bridgehead atoms. The van der Waals surface area contributed by atoms with Crippen LogP contribution in [0.1, 0.15) is 31.1 Å². The number of nitrogens with zero attached hydrogens (tertiary/aromatic N) is 1. The lowest BCUT2D eigenvalue weighted by atomic mass is 10.0. The number of carboxylic acids is 1. The molecule has 1 aromatic carbocycles. The van der Waals surface area contributed by atoms with E-state index in [9.17, 15) is 9.90 Å². The fraction of sp³-hybridized carbons (Fsp3) is 0.357. The third-order valence-electron chi connectivity index (χ3n) is 2.60. The summed E-state index contributed by atoms with van der Waals surface area (Å²) in [7, 11) is 0. The molecule has 1 N–H and O–H groups in total. The summed E-state index contributed by atoms with van der Waals surface area (Å²) >= 11 is 3.30. The minimum atomic E-state index is -0.926. The van der Waals surface area contributed by atoms with Crippen molar-refractivity contribution in [3.63, 3.8) is 0 Å². The summed E-state index contributed by atoms with van der Waals surface area (Å²) in [4.78, 5) is 13.4. The first kappa shape index (κ1) is 14.8. The van der Waals surface area contributed by atoms with Crippen LogP contribution in [0.5, 0.6) is 0 Å². The Bertz CT molecular complexity index is 463. The lowest BCUT2D eigenvalue weighted by molar-refractivity contribution is 0.0697. The van der Waals surface area contributed by atoms with E-state index in [4.69, 9.17) is 0 Å². The lowest BCUT2D eigenvalue weighted by Crippen LogP contribution is -2.42. The summed E-state index contributed by atoms with van der Waals surface area (Å²) < 4.78 is 0.760. The number of hydrogen-bond donors (Lipinski definition) is 1. The molecular formula is C14H18BrNO2. The van der Waals surface area contributed by atoms with Crippen molar-refractivity contribution >= 4 is 27.6 Å². The van der Waals surface area contributed by atoms with Gasteiger partial charge in [-0.05, 0) is 39.0 Å². The largest absolute Gasteiger partial charge is 0.478 e. The van der Waals surface area contributed by atoms with Crippen LogP contribution < -0.4 is 4.90 Å². The standard InChI is InChI=1S/C14H18BrNO2/c1-5-8-16(14(2,3)4)12-7-6-10(15)9-11(12)13(17)18/h5-7,9H,1,8H2,2-4H3,(H,17,18). The number of rotatable bonds is 4. The van der Waals surface area contributed by atoms with Gasteiger partial charge in [0, 0.05) is 16.6 Å². The lowest BCUT2D eigenvalue weighted by Gasteiger charge is -2.37. The zero-order chi connectivity index (χ0) is 13.9. The Balaban J connectivity index is 3.36. The molecule has 0 spiro atoms. The van der Waals surface area contributed by atoms with Gasteiger partial charge in [0.1, 0.15) is 0 Å². The highest BCUT2D eigenvalue weighted by molar-refractivity contribution is 9.10. The fourth-order valence-corrected chi connectivity index (χ4v) is 2.14. The summed E-state index contributed by atoms with van der Waals surface area (Å²) in [6, 6.07) is 5.30. The van der Waals surface area contributed by atoms with E-state index in [1.54, 1.807) is 12.1 Å². The molecule has 98 valence electrons. The Kier molecular flexibility index (Phi) is 4.57. The van der Waals surface area contributed by atoms with Crippen molar-refractivity contribution in [2.24, 2.45) is 0 Å². The minimum absolute atomic E-state index is 0.174. The van der Waals surface area contributed by atoms with Crippen molar-refractivity contribution in [3.05, 3.63) is 40.9 Å². The van der Waals surface area contributed by atoms with E-state index < -0.39 is 5.97 Å². The molecule has 0 atom stereocenters. The molecule has 4 heteroatoms. The van der Waals surface area contributed by atoms with Crippen LogP contribution in [0.15, 0.2) is 35.3 Å². The SMILES string of the molecule is C=CCN(c1ccc(Br)cc1C(=O)O)C(C)(C)C. The van der Waals surface area contributed by atoms with Crippen LogP contribution in [0.3, 0.4) is 0 Å². The van der Waals surface area contributed by atoms with E-state index in [0.717, 1.165) is 4.47 Å². The van der Waals surface area contributed by atoms with E-state index in [1.165, 1.54) is 0 Å². The van der Waals surface area contributed by atoms with Crippen molar-refractivity contribution < 1.29 is 9.90 Å². The minimum Gasteiger partial charge on any atom is -0.478 e. The van der Waals surface area contributed by atoms with E-state index in [2.05, 4.69) is 22.5 Å². The maximum absolute atomic E-state index is 11.3. The number of hydrogen-bond acceptors (Lipinski definition) is 2. The first-order chi connectivity index (χ1) is 8.27. The van der Waals surface area contributed by atoms with Crippen LogP contribution in [-0.4, -0.2) is 23.2 Å². The highest BCUT2D eigenvalue weighted by Crippen LogP contribution is 2.29. The van der Waals surface area contributed by atoms with Gasteiger partial charge in [0.15, 0.2) is 0 Å². The average molecular weight is 312 g/mol. The second-order valence-corrected chi connectivity index (χ2v) is 5.95. The smallest absolute Gasteiger partial charge is 0.337 e. The molecule has 0 fully saturated rings. The molecule has 3 nitrogen and oxygen atoms in total. The van der Waals surface area contributed by atoms with Crippen LogP contribution in [-0.2, 0) is 0 Å². The molecule has 0 unspecified atom stereocenters. The van der Waals surface area contributed by atoms with Crippen LogP contribution in [0.25, 0.3) is 0 Å². The molecule has 0 radical (unpaired) electrons. The Morgan fingerprint density at radius 2 is 2.11 bits per heavy atom. The summed E-state index contributed by atoms with van der Waals surface area (Å²) in [6.45, 7) is 10.5. The predicted octanol–water partition coefficient (Wildman–Crippen LogP) is 3.94. The van der Waals surface area contributed by atoms with Crippen LogP contribution >= 0.6 is 15.9 Å². The van der Waals surface area contributed by atoms with Gasteiger partial charge in [0.05, 0.1) is 11.3 Å². The van der Waals surface area contributed by atoms with Gasteiger partial charge in [-0.3, -0.25) is 0 Å². The van der Waals surface area contributed by atoms with Gasteiger partial charge in [-0.2, -0.15) is 0 Å². The number of carboxylic acid groups (broad SMARTS) is 1. The van der Waals surface area contributed by atoms with Gasteiger partial charge >= 0.3 is 5.97 Å². The van der Waals surface area contributed by atoms with E-state index in [1.807, 2.05) is 37.8 Å². The summed E-state index contributed by atoms with van der Waals surface area (Å²) in [6.07, 6.45) is 1.78. The van der Waals surface area contributed by atoms with Crippen molar-refractivity contribution in [3.8, 4) is 0 Å². The highest BCUT2D eigenvalue weighted by atomic mass is 79.9. The number of halogens is 1. The monoisotopic (exact) mass is 311 g/mol. The third-order valence-corrected chi connectivity index (χ3v) is 3.09. The molecule has 0 saturated heterocycles. The maximum atomic E-state index is 11.3. The Morgan fingerprint density at radius 3 is 2.56 bits per heavy atom. The number of benzene rings is 1. The molecule has 0 aliphatic carbocycles. The number of anilines is 1. The second kappa shape index (κ2) is 5.57. The topological polar surface area (TPSA) is 40.5 Å². The summed E-state index contributed by atoms with van der Waals surface area (Å²) in [5.74, 6) is -0.926. The second-order valence-electron chi connectivity index (χ2n) is 5.04. The molecule has 0 amide bonds. The molecule has 1 rings (SSSR count). The summed E-state index contributed by atoms with van der Waals surface area (Å²) in [5.41, 5.74) is 0.825. The van der Waals surface area contributed by atoms with Gasteiger partial charge in [0.25, 0.3) is 0 Å². The van der Waals surface area contributed by atoms with Crippen LogP contribution in [0.2, 0.25) is 0 Å². The molecule has 0 saturated carbocycles. The number of aromatic carboxylic acids is 1. The molecule has 0 aliphatic heterocycles. The van der Waals surface area contributed by atoms with E-state index >= 15 is 0 Å². The van der Waals surface area contributed by atoms with Crippen LogP contribution in [0.4, 0.5) is 5.69 Å². The fourth-order valence-electron chi connectivity index (χ4n) is 1.78. The van der Waals surface area contributed by atoms with Gasteiger partial charge in [-0.1, -0.05) is 22.0 Å². The summed E-state index contributed by atoms with van der Waals surface area (Å²) in [5, 5.41) is 9.30. The molecular weight excluding hydrogens is 294 g/mol. The normalized spacial score (nSPS) is 11.1. The zero-order valence-electron chi connectivity index (χ0n) is 10.9. The van der Waals surface area contributed by atoms with Gasteiger partial charge in [0.2, 0.25) is 0 Å². The molecule has 0 aliphatic rings. The van der Waals surface area contributed by atoms with Crippen molar-refractivity contribution in [1.82, 2.24) is 0 Å².